The van der Waals surface area contributed by atoms with Crippen molar-refractivity contribution in [3.05, 3.63) is 0 Å². The summed E-state index contributed by atoms with van der Waals surface area (Å²) in [5, 5.41) is 3.29. The van der Waals surface area contributed by atoms with E-state index in [1.54, 1.807) is 0 Å². The molecule has 58 valence electrons. The van der Waals surface area contributed by atoms with Crippen molar-refractivity contribution in [3.63, 3.8) is 0 Å². The van der Waals surface area contributed by atoms with Crippen LogP contribution in [0, 0.1) is 0 Å². The summed E-state index contributed by atoms with van der Waals surface area (Å²) < 4.78 is 0. The normalized spacial score (nSPS) is 31.0. The van der Waals surface area contributed by atoms with E-state index in [1.807, 2.05) is 14.1 Å². The SMILES string of the molecule is CN=C1CCCC(NC)C1. The monoisotopic (exact) mass is 140 g/mol. The average molecular weight is 140 g/mol. The third-order valence-corrected chi connectivity index (χ3v) is 2.22. The van der Waals surface area contributed by atoms with Crippen LogP contribution in [-0.4, -0.2) is 25.8 Å². The van der Waals surface area contributed by atoms with Gasteiger partial charge in [-0.25, -0.2) is 0 Å². The molecule has 0 aromatic carbocycles. The average Bonchev–Trinajstić information content (AvgIpc) is 2.05. The van der Waals surface area contributed by atoms with Gasteiger partial charge in [0.25, 0.3) is 0 Å². The molecule has 0 aromatic rings. The summed E-state index contributed by atoms with van der Waals surface area (Å²) in [4.78, 5) is 4.22. The van der Waals surface area contributed by atoms with Gasteiger partial charge >= 0.3 is 0 Å². The van der Waals surface area contributed by atoms with E-state index in [9.17, 15) is 0 Å². The van der Waals surface area contributed by atoms with E-state index in [2.05, 4.69) is 10.3 Å². The molecule has 2 nitrogen and oxygen atoms in total. The fourth-order valence-corrected chi connectivity index (χ4v) is 1.49. The van der Waals surface area contributed by atoms with E-state index in [-0.39, 0.29) is 0 Å². The van der Waals surface area contributed by atoms with Crippen LogP contribution in [0.25, 0.3) is 0 Å². The Morgan fingerprint density at radius 3 is 3.00 bits per heavy atom. The molecule has 0 heterocycles. The van der Waals surface area contributed by atoms with E-state index in [0.717, 1.165) is 6.42 Å². The Morgan fingerprint density at radius 1 is 1.60 bits per heavy atom. The largest absolute Gasteiger partial charge is 0.317 e. The molecule has 1 atom stereocenters. The van der Waals surface area contributed by atoms with Gasteiger partial charge in [0.05, 0.1) is 0 Å². The van der Waals surface area contributed by atoms with Gasteiger partial charge in [-0.05, 0) is 26.3 Å². The van der Waals surface area contributed by atoms with Crippen LogP contribution in [0.4, 0.5) is 0 Å². The third kappa shape index (κ3) is 1.81. The Morgan fingerprint density at radius 2 is 2.40 bits per heavy atom. The summed E-state index contributed by atoms with van der Waals surface area (Å²) in [6, 6.07) is 0.687. The van der Waals surface area contributed by atoms with Crippen molar-refractivity contribution < 1.29 is 0 Å². The lowest BCUT2D eigenvalue weighted by Crippen LogP contribution is -2.31. The molecule has 10 heavy (non-hydrogen) atoms. The van der Waals surface area contributed by atoms with Crippen molar-refractivity contribution >= 4 is 5.71 Å². The first-order valence-electron chi connectivity index (χ1n) is 3.98. The zero-order valence-electron chi connectivity index (χ0n) is 6.85. The van der Waals surface area contributed by atoms with Gasteiger partial charge in [0.2, 0.25) is 0 Å². The highest BCUT2D eigenvalue weighted by Gasteiger charge is 2.14. The van der Waals surface area contributed by atoms with Crippen molar-refractivity contribution in [3.8, 4) is 0 Å². The van der Waals surface area contributed by atoms with Crippen LogP contribution < -0.4 is 5.32 Å². The molecule has 1 N–H and O–H groups in total. The summed E-state index contributed by atoms with van der Waals surface area (Å²) in [5.41, 5.74) is 1.38. The molecule has 0 aromatic heterocycles. The Balaban J connectivity index is 2.39. The van der Waals surface area contributed by atoms with Gasteiger partial charge < -0.3 is 5.32 Å². The molecule has 0 aliphatic heterocycles. The van der Waals surface area contributed by atoms with E-state index in [4.69, 9.17) is 0 Å². The highest BCUT2D eigenvalue weighted by atomic mass is 14.9. The molecule has 1 rings (SSSR count). The molecular weight excluding hydrogens is 124 g/mol. The van der Waals surface area contributed by atoms with Crippen LogP contribution in [0.1, 0.15) is 25.7 Å². The van der Waals surface area contributed by atoms with Crippen molar-refractivity contribution in [2.45, 2.75) is 31.7 Å². The standard InChI is InChI=1S/C8H16N2/c1-9-7-4-3-5-8(6-7)10-2/h7,9H,3-6H2,1-2H3. The van der Waals surface area contributed by atoms with Crippen molar-refractivity contribution in [2.24, 2.45) is 4.99 Å². The van der Waals surface area contributed by atoms with Gasteiger partial charge in [0.15, 0.2) is 0 Å². The maximum atomic E-state index is 4.22. The molecule has 1 aliphatic carbocycles. The number of rotatable bonds is 1. The van der Waals surface area contributed by atoms with Crippen molar-refractivity contribution in [2.75, 3.05) is 14.1 Å². The van der Waals surface area contributed by atoms with E-state index < -0.39 is 0 Å². The number of hydrogen-bond donors (Lipinski definition) is 1. The summed E-state index contributed by atoms with van der Waals surface area (Å²) >= 11 is 0. The fourth-order valence-electron chi connectivity index (χ4n) is 1.49. The van der Waals surface area contributed by atoms with Gasteiger partial charge in [-0.15, -0.1) is 0 Å². The molecule has 1 fully saturated rings. The van der Waals surface area contributed by atoms with Crippen LogP contribution in [0.15, 0.2) is 4.99 Å². The second-order valence-electron chi connectivity index (χ2n) is 2.87. The van der Waals surface area contributed by atoms with Gasteiger partial charge in [0.1, 0.15) is 0 Å². The lowest BCUT2D eigenvalue weighted by Gasteiger charge is -2.22. The van der Waals surface area contributed by atoms with Crippen LogP contribution in [0.3, 0.4) is 0 Å². The quantitative estimate of drug-likeness (QED) is 0.582. The Labute approximate surface area is 62.7 Å². The minimum absolute atomic E-state index is 0.687. The van der Waals surface area contributed by atoms with E-state index in [0.29, 0.717) is 6.04 Å². The van der Waals surface area contributed by atoms with Gasteiger partial charge in [0, 0.05) is 25.2 Å². The van der Waals surface area contributed by atoms with Crippen molar-refractivity contribution in [1.29, 1.82) is 0 Å². The molecule has 2 heteroatoms. The topological polar surface area (TPSA) is 24.4 Å². The van der Waals surface area contributed by atoms with Crippen molar-refractivity contribution in [1.82, 2.24) is 5.32 Å². The summed E-state index contributed by atoms with van der Waals surface area (Å²) in [7, 11) is 3.93. The molecule has 1 aliphatic rings. The highest BCUT2D eigenvalue weighted by Crippen LogP contribution is 2.15. The number of aliphatic imine (C=N–C) groups is 1. The molecular formula is C8H16N2. The third-order valence-electron chi connectivity index (χ3n) is 2.22. The number of hydrogen-bond acceptors (Lipinski definition) is 2. The Kier molecular flexibility index (Phi) is 2.87. The van der Waals surface area contributed by atoms with Crippen LogP contribution in [0.2, 0.25) is 0 Å². The lowest BCUT2D eigenvalue weighted by atomic mass is 9.94. The zero-order chi connectivity index (χ0) is 7.40. The highest BCUT2D eigenvalue weighted by molar-refractivity contribution is 5.85. The van der Waals surface area contributed by atoms with Crippen LogP contribution >= 0.6 is 0 Å². The maximum absolute atomic E-state index is 4.22. The smallest absolute Gasteiger partial charge is 0.0276 e. The first-order chi connectivity index (χ1) is 4.86. The van der Waals surface area contributed by atoms with Gasteiger partial charge in [-0.3, -0.25) is 4.99 Å². The lowest BCUT2D eigenvalue weighted by molar-refractivity contribution is 0.495. The minimum atomic E-state index is 0.687. The zero-order valence-corrected chi connectivity index (χ0v) is 6.85. The Bertz CT molecular complexity index is 129. The summed E-state index contributed by atoms with van der Waals surface area (Å²) in [5.74, 6) is 0. The number of nitrogens with one attached hydrogen (secondary N) is 1. The molecule has 0 amide bonds. The predicted molar refractivity (Wildman–Crippen MR) is 44.7 cm³/mol. The summed E-state index contributed by atoms with van der Waals surface area (Å²) in [6.45, 7) is 0. The van der Waals surface area contributed by atoms with Gasteiger partial charge in [-0.2, -0.15) is 0 Å². The first kappa shape index (κ1) is 7.73. The predicted octanol–water partition coefficient (Wildman–Crippen LogP) is 1.22. The molecule has 0 spiro atoms. The molecule has 1 saturated carbocycles. The minimum Gasteiger partial charge on any atom is -0.317 e. The molecule has 0 radical (unpaired) electrons. The van der Waals surface area contributed by atoms with E-state index >= 15 is 0 Å². The molecule has 1 unspecified atom stereocenters. The van der Waals surface area contributed by atoms with E-state index in [1.165, 1.54) is 25.0 Å². The second kappa shape index (κ2) is 3.71. The second-order valence-corrected chi connectivity index (χ2v) is 2.87. The molecule has 0 saturated heterocycles. The summed E-state index contributed by atoms with van der Waals surface area (Å²) in [6.07, 6.45) is 5.00. The van der Waals surface area contributed by atoms with Gasteiger partial charge in [-0.1, -0.05) is 0 Å². The Hall–Kier alpha value is -0.370. The first-order valence-corrected chi connectivity index (χ1v) is 3.98. The van der Waals surface area contributed by atoms with Crippen LogP contribution in [-0.2, 0) is 0 Å². The molecule has 0 bridgehead atoms. The fraction of sp³-hybridized carbons (Fsp3) is 0.875. The maximum Gasteiger partial charge on any atom is 0.0276 e. The number of nitrogens with zero attached hydrogens (tertiary/aromatic N) is 1. The van der Waals surface area contributed by atoms with Crippen LogP contribution in [0.5, 0.6) is 0 Å².